The molecule has 0 bridgehead atoms. The van der Waals surface area contributed by atoms with E-state index in [9.17, 15) is 4.79 Å². The average molecular weight is 525 g/mol. The van der Waals surface area contributed by atoms with Gasteiger partial charge in [-0.1, -0.05) is 13.0 Å². The summed E-state index contributed by atoms with van der Waals surface area (Å²) in [5.74, 6) is 0.0932. The van der Waals surface area contributed by atoms with Crippen molar-refractivity contribution in [1.82, 2.24) is 24.9 Å². The van der Waals surface area contributed by atoms with Crippen LogP contribution in [0.4, 0.5) is 15.9 Å². The molecule has 3 N–H and O–H groups in total. The molecule has 6 heterocycles. The summed E-state index contributed by atoms with van der Waals surface area (Å²) in [5.41, 5.74) is 4.03. The van der Waals surface area contributed by atoms with E-state index in [0.717, 1.165) is 22.5 Å². The number of H-pyrrole nitrogens is 1. The lowest BCUT2D eigenvalue weighted by Crippen LogP contribution is -2.11. The molecule has 0 saturated heterocycles. The molecule has 1 amide bonds. The Balaban J connectivity index is 1.45. The van der Waals surface area contributed by atoms with Gasteiger partial charge in [0.25, 0.3) is 0 Å². The van der Waals surface area contributed by atoms with Gasteiger partial charge in [0.1, 0.15) is 28.7 Å². The van der Waals surface area contributed by atoms with Crippen molar-refractivity contribution in [2.75, 3.05) is 10.6 Å². The Morgan fingerprint density at radius 1 is 1.18 bits per heavy atom. The van der Waals surface area contributed by atoms with Crippen LogP contribution in [-0.4, -0.2) is 37.2 Å². The van der Waals surface area contributed by atoms with Gasteiger partial charge in [0.05, 0.1) is 34.2 Å². The highest BCUT2D eigenvalue weighted by atomic mass is 32.1. The zero-order valence-corrected chi connectivity index (χ0v) is 21.0. The number of aliphatic imine (C=N–C) groups is 1. The van der Waals surface area contributed by atoms with Gasteiger partial charge in [-0.05, 0) is 30.0 Å². The summed E-state index contributed by atoms with van der Waals surface area (Å²) in [6, 6.07) is 7.45. The van der Waals surface area contributed by atoms with Crippen LogP contribution in [0, 0.1) is 5.82 Å². The molecule has 0 atom stereocenters. The lowest BCUT2D eigenvalue weighted by atomic mass is 10.0. The fourth-order valence-electron chi connectivity index (χ4n) is 4.26. The molecule has 0 spiro atoms. The third-order valence-corrected chi connectivity index (χ3v) is 6.86. The summed E-state index contributed by atoms with van der Waals surface area (Å²) in [7, 11) is 0. The first-order valence-electron chi connectivity index (χ1n) is 11.9. The van der Waals surface area contributed by atoms with Gasteiger partial charge in [-0.25, -0.2) is 19.4 Å². The van der Waals surface area contributed by atoms with Crippen molar-refractivity contribution in [2.45, 2.75) is 19.8 Å². The molecule has 0 fully saturated rings. The number of rotatable bonds is 6. The first-order valence-corrected chi connectivity index (χ1v) is 12.8. The molecule has 9 nitrogen and oxygen atoms in total. The van der Waals surface area contributed by atoms with Gasteiger partial charge >= 0.3 is 0 Å². The molecule has 188 valence electrons. The number of carbonyl (C=O) groups is 1. The molecular weight excluding hydrogens is 503 g/mol. The molecule has 0 unspecified atom stereocenters. The van der Waals surface area contributed by atoms with E-state index < -0.39 is 5.82 Å². The second kappa shape index (κ2) is 9.94. The number of hydrogen-bond acceptors (Lipinski definition) is 8. The predicted octanol–water partition coefficient (Wildman–Crippen LogP) is 5.86. The molecular formula is C27H21FN8OS. The van der Waals surface area contributed by atoms with Crippen LogP contribution in [0.15, 0.2) is 65.6 Å². The van der Waals surface area contributed by atoms with Crippen LogP contribution < -0.4 is 10.6 Å². The van der Waals surface area contributed by atoms with E-state index in [2.05, 4.69) is 35.6 Å². The van der Waals surface area contributed by atoms with Crippen molar-refractivity contribution < 1.29 is 9.18 Å². The number of pyridine rings is 3. The van der Waals surface area contributed by atoms with Gasteiger partial charge in [-0.3, -0.25) is 14.8 Å². The normalized spacial score (nSPS) is 12.5. The van der Waals surface area contributed by atoms with Gasteiger partial charge in [-0.2, -0.15) is 0 Å². The quantitative estimate of drug-likeness (QED) is 0.256. The number of nitrogens with one attached hydrogen (secondary N) is 3. The molecule has 38 heavy (non-hydrogen) atoms. The summed E-state index contributed by atoms with van der Waals surface area (Å²) >= 11 is 1.57. The minimum absolute atomic E-state index is 0.125. The number of amides is 1. The Morgan fingerprint density at radius 3 is 2.95 bits per heavy atom. The molecule has 6 rings (SSSR count). The SMILES string of the molecule is CCCC(=O)Nc1cncc(-c2cnc3c(c2F)C(c2nc4c(-c5cccs5)nccc4[nH]2)=CN=CN3)c1. The van der Waals surface area contributed by atoms with Crippen molar-refractivity contribution >= 4 is 51.7 Å². The molecule has 5 aromatic heterocycles. The summed E-state index contributed by atoms with van der Waals surface area (Å²) in [5, 5.41) is 7.73. The fourth-order valence-corrected chi connectivity index (χ4v) is 4.98. The predicted molar refractivity (Wildman–Crippen MR) is 147 cm³/mol. The minimum Gasteiger partial charge on any atom is -0.338 e. The number of anilines is 2. The van der Waals surface area contributed by atoms with Crippen LogP contribution in [0.2, 0.25) is 0 Å². The number of halogens is 1. The number of aromatic nitrogens is 5. The highest BCUT2D eigenvalue weighted by molar-refractivity contribution is 7.13. The first kappa shape index (κ1) is 23.6. The van der Waals surface area contributed by atoms with Gasteiger partial charge < -0.3 is 15.6 Å². The highest BCUT2D eigenvalue weighted by Gasteiger charge is 2.25. The first-order chi connectivity index (χ1) is 18.6. The van der Waals surface area contributed by atoms with Crippen molar-refractivity contribution in [3.05, 3.63) is 77.8 Å². The van der Waals surface area contributed by atoms with Crippen LogP contribution in [0.3, 0.4) is 0 Å². The Labute approximate surface area is 220 Å². The monoisotopic (exact) mass is 524 g/mol. The Morgan fingerprint density at radius 2 is 2.11 bits per heavy atom. The zero-order chi connectivity index (χ0) is 26.1. The van der Waals surface area contributed by atoms with Crippen molar-refractivity contribution in [1.29, 1.82) is 0 Å². The summed E-state index contributed by atoms with van der Waals surface area (Å²) in [6.07, 6.45) is 10.3. The minimum atomic E-state index is -0.518. The Hall–Kier alpha value is -4.77. The molecule has 0 saturated carbocycles. The van der Waals surface area contributed by atoms with Crippen molar-refractivity contribution in [3.63, 3.8) is 0 Å². The molecule has 0 radical (unpaired) electrons. The Kier molecular flexibility index (Phi) is 6.18. The standard InChI is InChI=1S/C27H21FN8OS/c1-2-4-21(37)34-16-9-15(10-29-11-16)17-13-32-27-22(23(17)28)18(12-30-14-33-27)26-35-19-6-7-31-25(24(19)36-26)20-5-3-8-38-20/h3,5-14H,2,4H2,1H3,(H,34,37)(H,35,36)(H,30,32,33). The molecule has 1 aliphatic heterocycles. The number of carbonyl (C=O) groups excluding carboxylic acids is 1. The maximum Gasteiger partial charge on any atom is 0.224 e. The second-order valence-corrected chi connectivity index (χ2v) is 9.50. The number of hydrogen-bond donors (Lipinski definition) is 3. The third kappa shape index (κ3) is 4.33. The van der Waals surface area contributed by atoms with Crippen LogP contribution in [0.1, 0.15) is 31.2 Å². The van der Waals surface area contributed by atoms with Gasteiger partial charge in [0.15, 0.2) is 0 Å². The smallest absolute Gasteiger partial charge is 0.224 e. The number of nitrogens with zero attached hydrogens (tertiary/aromatic N) is 5. The number of imidazole rings is 1. The van der Waals surface area contributed by atoms with Gasteiger partial charge in [0.2, 0.25) is 5.91 Å². The van der Waals surface area contributed by atoms with E-state index in [1.807, 2.05) is 30.5 Å². The lowest BCUT2D eigenvalue weighted by Gasteiger charge is -2.13. The Bertz CT molecular complexity index is 1720. The summed E-state index contributed by atoms with van der Waals surface area (Å²) in [6.45, 7) is 1.93. The van der Waals surface area contributed by atoms with E-state index in [4.69, 9.17) is 4.98 Å². The fraction of sp³-hybridized carbons (Fsp3) is 0.111. The van der Waals surface area contributed by atoms with E-state index in [0.29, 0.717) is 40.4 Å². The summed E-state index contributed by atoms with van der Waals surface area (Å²) in [4.78, 5) is 38.6. The average Bonchev–Trinajstić information content (AvgIpc) is 3.55. The van der Waals surface area contributed by atoms with E-state index in [-0.39, 0.29) is 17.0 Å². The highest BCUT2D eigenvalue weighted by Crippen LogP contribution is 2.37. The molecule has 0 aliphatic carbocycles. The maximum absolute atomic E-state index is 16.3. The number of thiophene rings is 1. The van der Waals surface area contributed by atoms with Gasteiger partial charge in [0, 0.05) is 47.9 Å². The van der Waals surface area contributed by atoms with E-state index in [1.54, 1.807) is 29.8 Å². The third-order valence-electron chi connectivity index (χ3n) is 5.98. The molecule has 0 aromatic carbocycles. The van der Waals surface area contributed by atoms with Crippen LogP contribution in [0.5, 0.6) is 0 Å². The molecule has 11 heteroatoms. The maximum atomic E-state index is 16.3. The molecule has 5 aromatic rings. The number of fused-ring (bicyclic) bond motifs is 2. The zero-order valence-electron chi connectivity index (χ0n) is 20.2. The van der Waals surface area contributed by atoms with Gasteiger partial charge in [-0.15, -0.1) is 11.3 Å². The second-order valence-electron chi connectivity index (χ2n) is 8.55. The number of aromatic amines is 1. The topological polar surface area (TPSA) is 121 Å². The summed E-state index contributed by atoms with van der Waals surface area (Å²) < 4.78 is 16.3. The van der Waals surface area contributed by atoms with Crippen LogP contribution in [0.25, 0.3) is 38.3 Å². The van der Waals surface area contributed by atoms with Crippen molar-refractivity contribution in [2.24, 2.45) is 4.99 Å². The largest absolute Gasteiger partial charge is 0.338 e. The molecule has 1 aliphatic rings. The van der Waals surface area contributed by atoms with E-state index in [1.165, 1.54) is 24.9 Å². The van der Waals surface area contributed by atoms with Crippen LogP contribution in [-0.2, 0) is 4.79 Å². The van der Waals surface area contributed by atoms with Crippen LogP contribution >= 0.6 is 11.3 Å². The van der Waals surface area contributed by atoms with E-state index >= 15 is 4.39 Å². The van der Waals surface area contributed by atoms with Crippen molar-refractivity contribution in [3.8, 4) is 21.7 Å². The lowest BCUT2D eigenvalue weighted by molar-refractivity contribution is -0.116.